The Morgan fingerprint density at radius 2 is 1.74 bits per heavy atom. The van der Waals surface area contributed by atoms with Crippen LogP contribution in [0.3, 0.4) is 0 Å². The van der Waals surface area contributed by atoms with Gasteiger partial charge < -0.3 is 15.1 Å². The van der Waals surface area contributed by atoms with Crippen LogP contribution >= 0.6 is 0 Å². The molecule has 1 saturated heterocycles. The van der Waals surface area contributed by atoms with Gasteiger partial charge in [-0.3, -0.25) is 0 Å². The van der Waals surface area contributed by atoms with Gasteiger partial charge in [0, 0.05) is 44.5 Å². The second-order valence-electron chi connectivity index (χ2n) is 7.89. The van der Waals surface area contributed by atoms with Crippen LogP contribution in [0.4, 0.5) is 10.1 Å². The average molecular weight is 368 g/mol. The Morgan fingerprint density at radius 1 is 1.00 bits per heavy atom. The van der Waals surface area contributed by atoms with Crippen molar-refractivity contribution in [2.24, 2.45) is 0 Å². The molecule has 0 saturated carbocycles. The zero-order chi connectivity index (χ0) is 18.6. The predicted octanol–water partition coefficient (Wildman–Crippen LogP) is 3.61. The van der Waals surface area contributed by atoms with Crippen molar-refractivity contribution in [1.82, 2.24) is 10.2 Å². The number of hydrogen-bond acceptors (Lipinski definition) is 3. The summed E-state index contributed by atoms with van der Waals surface area (Å²) in [7, 11) is 2.01. The van der Waals surface area contributed by atoms with Crippen LogP contribution < -0.4 is 10.2 Å². The summed E-state index contributed by atoms with van der Waals surface area (Å²) in [5.41, 5.74) is 5.57. The van der Waals surface area contributed by atoms with E-state index < -0.39 is 0 Å². The second-order valence-corrected chi connectivity index (χ2v) is 7.89. The molecule has 0 unspecified atom stereocenters. The number of benzene rings is 2. The van der Waals surface area contributed by atoms with Crippen molar-refractivity contribution in [1.29, 1.82) is 0 Å². The third-order valence-electron chi connectivity index (χ3n) is 6.09. The van der Waals surface area contributed by atoms with Gasteiger partial charge in [0.1, 0.15) is 5.82 Å². The topological polar surface area (TPSA) is 18.5 Å². The molecule has 27 heavy (non-hydrogen) atoms. The van der Waals surface area contributed by atoms with Crippen LogP contribution in [-0.4, -0.2) is 44.2 Å². The minimum Gasteiger partial charge on any atom is -0.368 e. The number of likely N-dealkylation sites (tertiary alicyclic amines) is 1. The number of nitrogens with zero attached hydrogens (tertiary/aromatic N) is 2. The molecule has 0 atom stereocenters. The van der Waals surface area contributed by atoms with Gasteiger partial charge in [0.05, 0.1) is 0 Å². The van der Waals surface area contributed by atoms with Gasteiger partial charge in [0.15, 0.2) is 0 Å². The molecule has 0 aromatic heterocycles. The van der Waals surface area contributed by atoms with Crippen molar-refractivity contribution in [3.63, 3.8) is 0 Å². The summed E-state index contributed by atoms with van der Waals surface area (Å²) in [6.45, 7) is 5.49. The standard InChI is InChI=1S/C23H30FN3/c1-25-17-19-2-5-20-9-15-27(23(20)16-19)22-10-13-26(14-11-22)12-8-18-3-6-21(24)7-4-18/h2-7,16,22,25H,8-15,17H2,1H3. The molecule has 2 aliphatic heterocycles. The van der Waals surface area contributed by atoms with Gasteiger partial charge in [-0.15, -0.1) is 0 Å². The highest BCUT2D eigenvalue weighted by Gasteiger charge is 2.29. The molecule has 1 fully saturated rings. The van der Waals surface area contributed by atoms with Crippen molar-refractivity contribution < 1.29 is 4.39 Å². The molecule has 4 rings (SSSR count). The van der Waals surface area contributed by atoms with E-state index in [2.05, 4.69) is 33.3 Å². The Labute approximate surface area is 162 Å². The summed E-state index contributed by atoms with van der Waals surface area (Å²) in [6.07, 6.45) is 4.66. The Morgan fingerprint density at radius 3 is 2.48 bits per heavy atom. The summed E-state index contributed by atoms with van der Waals surface area (Å²) in [6, 6.07) is 14.6. The maximum Gasteiger partial charge on any atom is 0.123 e. The quantitative estimate of drug-likeness (QED) is 0.841. The van der Waals surface area contributed by atoms with Gasteiger partial charge >= 0.3 is 0 Å². The molecule has 2 heterocycles. The van der Waals surface area contributed by atoms with E-state index >= 15 is 0 Å². The lowest BCUT2D eigenvalue weighted by atomic mass is 10.0. The summed E-state index contributed by atoms with van der Waals surface area (Å²) in [5.74, 6) is -0.150. The number of halogens is 1. The molecule has 2 aliphatic rings. The minimum absolute atomic E-state index is 0.150. The van der Waals surface area contributed by atoms with Crippen molar-refractivity contribution in [3.8, 4) is 0 Å². The maximum absolute atomic E-state index is 13.0. The first-order valence-corrected chi connectivity index (χ1v) is 10.2. The van der Waals surface area contributed by atoms with Crippen molar-refractivity contribution in [3.05, 3.63) is 65.0 Å². The lowest BCUT2D eigenvalue weighted by molar-refractivity contribution is 0.212. The molecular formula is C23H30FN3. The zero-order valence-corrected chi connectivity index (χ0v) is 16.3. The fraction of sp³-hybridized carbons (Fsp3) is 0.478. The molecule has 144 valence electrons. The molecule has 0 radical (unpaired) electrons. The molecular weight excluding hydrogens is 337 g/mol. The van der Waals surface area contributed by atoms with Crippen molar-refractivity contribution in [2.75, 3.05) is 38.1 Å². The number of anilines is 1. The molecule has 1 N–H and O–H groups in total. The SMILES string of the molecule is CNCc1ccc2c(c1)N(C1CCN(CCc3ccc(F)cc3)CC1)CC2. The summed E-state index contributed by atoms with van der Waals surface area (Å²) < 4.78 is 13.0. The highest BCUT2D eigenvalue weighted by Crippen LogP contribution is 2.33. The smallest absolute Gasteiger partial charge is 0.123 e. The van der Waals surface area contributed by atoms with Crippen LogP contribution in [0.25, 0.3) is 0 Å². The van der Waals surface area contributed by atoms with E-state index in [1.807, 2.05) is 19.2 Å². The molecule has 2 aromatic carbocycles. The Bertz CT molecular complexity index is 751. The Kier molecular flexibility index (Phi) is 5.74. The van der Waals surface area contributed by atoms with Gasteiger partial charge in [-0.05, 0) is 67.6 Å². The van der Waals surface area contributed by atoms with Gasteiger partial charge in [-0.1, -0.05) is 24.3 Å². The van der Waals surface area contributed by atoms with Crippen LogP contribution in [0.15, 0.2) is 42.5 Å². The number of nitrogens with one attached hydrogen (secondary N) is 1. The highest BCUT2D eigenvalue weighted by atomic mass is 19.1. The van der Waals surface area contributed by atoms with Crippen LogP contribution in [0.2, 0.25) is 0 Å². The normalized spacial score (nSPS) is 18.1. The monoisotopic (exact) mass is 367 g/mol. The second kappa shape index (κ2) is 8.41. The summed E-state index contributed by atoms with van der Waals surface area (Å²) in [4.78, 5) is 5.22. The number of hydrogen-bond donors (Lipinski definition) is 1. The van der Waals surface area contributed by atoms with Gasteiger partial charge in [-0.25, -0.2) is 4.39 Å². The first kappa shape index (κ1) is 18.5. The van der Waals surface area contributed by atoms with Gasteiger partial charge in [0.25, 0.3) is 0 Å². The fourth-order valence-corrected chi connectivity index (χ4v) is 4.54. The third-order valence-corrected chi connectivity index (χ3v) is 6.09. The van der Waals surface area contributed by atoms with Gasteiger partial charge in [-0.2, -0.15) is 0 Å². The molecule has 0 spiro atoms. The molecule has 0 amide bonds. The van der Waals surface area contributed by atoms with E-state index in [-0.39, 0.29) is 5.82 Å². The van der Waals surface area contributed by atoms with Crippen LogP contribution in [0, 0.1) is 5.82 Å². The van der Waals surface area contributed by atoms with E-state index in [1.54, 1.807) is 12.1 Å². The van der Waals surface area contributed by atoms with E-state index in [4.69, 9.17) is 0 Å². The number of fused-ring (bicyclic) bond motifs is 1. The molecule has 2 aromatic rings. The molecule has 0 aliphatic carbocycles. The summed E-state index contributed by atoms with van der Waals surface area (Å²) in [5, 5.41) is 3.26. The van der Waals surface area contributed by atoms with Crippen molar-refractivity contribution >= 4 is 5.69 Å². The van der Waals surface area contributed by atoms with E-state index in [0.29, 0.717) is 6.04 Å². The lowest BCUT2D eigenvalue weighted by Gasteiger charge is -2.38. The minimum atomic E-state index is -0.150. The fourth-order valence-electron chi connectivity index (χ4n) is 4.54. The van der Waals surface area contributed by atoms with E-state index in [9.17, 15) is 4.39 Å². The Balaban J connectivity index is 1.31. The average Bonchev–Trinajstić information content (AvgIpc) is 3.11. The van der Waals surface area contributed by atoms with Crippen LogP contribution in [-0.2, 0) is 19.4 Å². The van der Waals surface area contributed by atoms with Crippen LogP contribution in [0.1, 0.15) is 29.5 Å². The number of rotatable bonds is 6. The molecule has 0 bridgehead atoms. The van der Waals surface area contributed by atoms with E-state index in [0.717, 1.165) is 32.6 Å². The van der Waals surface area contributed by atoms with E-state index in [1.165, 1.54) is 48.2 Å². The first-order chi connectivity index (χ1) is 13.2. The largest absolute Gasteiger partial charge is 0.368 e. The third kappa shape index (κ3) is 4.33. The van der Waals surface area contributed by atoms with Crippen LogP contribution in [0.5, 0.6) is 0 Å². The van der Waals surface area contributed by atoms with Crippen molar-refractivity contribution in [2.45, 2.75) is 38.3 Å². The maximum atomic E-state index is 13.0. The zero-order valence-electron chi connectivity index (χ0n) is 16.3. The molecule has 4 heteroatoms. The summed E-state index contributed by atoms with van der Waals surface area (Å²) >= 11 is 0. The van der Waals surface area contributed by atoms with Gasteiger partial charge in [0.2, 0.25) is 0 Å². The number of piperidine rings is 1. The predicted molar refractivity (Wildman–Crippen MR) is 110 cm³/mol. The first-order valence-electron chi connectivity index (χ1n) is 10.2. The Hall–Kier alpha value is -1.91. The lowest BCUT2D eigenvalue weighted by Crippen LogP contribution is -2.45. The highest BCUT2D eigenvalue weighted by molar-refractivity contribution is 5.60. The molecule has 3 nitrogen and oxygen atoms in total.